The number of ketones is 1. The summed E-state index contributed by atoms with van der Waals surface area (Å²) in [5.41, 5.74) is 1.80. The highest BCUT2D eigenvalue weighted by molar-refractivity contribution is 6.02. The SMILES string of the molecule is CC(C)=CCCC1(C)C=Cc2c(c(CC=C(C)C)c3c(c2OCCCCO)C2=C4C(C5CC(C(C)C)C4(O3)C(O)(C/C=C(/C)C(=O)NCCO)C5=O)n3ncnc3N2)O1. The first-order chi connectivity index (χ1) is 28.1. The Labute approximate surface area is 347 Å². The molecule has 13 heteroatoms. The van der Waals surface area contributed by atoms with Crippen LogP contribution in [0.5, 0.6) is 17.2 Å². The lowest BCUT2D eigenvalue weighted by Gasteiger charge is -2.65. The molecular formula is C46H61N5O8. The summed E-state index contributed by atoms with van der Waals surface area (Å²) in [5.74, 6) is 0.247. The molecule has 0 radical (unpaired) electrons. The molecule has 8 rings (SSSR count). The molecule has 1 aromatic carbocycles. The molecule has 3 aliphatic heterocycles. The van der Waals surface area contributed by atoms with Crippen molar-refractivity contribution in [1.29, 1.82) is 0 Å². The van der Waals surface area contributed by atoms with Gasteiger partial charge in [0.2, 0.25) is 11.9 Å². The smallest absolute Gasteiger partial charge is 0.246 e. The van der Waals surface area contributed by atoms with Gasteiger partial charge in [-0.2, -0.15) is 10.1 Å². The fourth-order valence-corrected chi connectivity index (χ4v) is 9.78. The average molecular weight is 812 g/mol. The molecule has 59 heavy (non-hydrogen) atoms. The first-order valence-corrected chi connectivity index (χ1v) is 21.2. The third-order valence-electron chi connectivity index (χ3n) is 12.7. The van der Waals surface area contributed by atoms with E-state index in [-0.39, 0.29) is 43.8 Å². The molecule has 2 aromatic rings. The normalized spacial score (nSPS) is 27.2. The summed E-state index contributed by atoms with van der Waals surface area (Å²) in [5, 5.41) is 43.4. The van der Waals surface area contributed by atoms with Crippen LogP contribution in [0.3, 0.4) is 0 Å². The first-order valence-electron chi connectivity index (χ1n) is 21.2. The number of aliphatic hydroxyl groups excluding tert-OH is 2. The molecule has 1 aromatic heterocycles. The molecule has 0 saturated heterocycles. The first kappa shape index (κ1) is 42.4. The van der Waals surface area contributed by atoms with Gasteiger partial charge in [-0.25, -0.2) is 4.68 Å². The molecule has 318 valence electrons. The van der Waals surface area contributed by atoms with Crippen LogP contribution in [0.4, 0.5) is 5.95 Å². The maximum atomic E-state index is 15.2. The monoisotopic (exact) mass is 811 g/mol. The number of Topliss-reactive ketones (excluding diaryl/α,β-unsaturated/α-hetero) is 1. The number of unbranched alkanes of at least 4 members (excludes halogenated alkanes) is 1. The number of nitrogens with zero attached hydrogens (tertiary/aromatic N) is 3. The summed E-state index contributed by atoms with van der Waals surface area (Å²) in [6.07, 6.45) is 15.0. The molecule has 6 aliphatic rings. The Hall–Kier alpha value is -4.72. The van der Waals surface area contributed by atoms with Crippen molar-refractivity contribution in [2.75, 3.05) is 31.7 Å². The second-order valence-electron chi connectivity index (χ2n) is 17.8. The van der Waals surface area contributed by atoms with Crippen LogP contribution >= 0.6 is 0 Å². The molecule has 6 atom stereocenters. The molecule has 1 spiro atoms. The maximum Gasteiger partial charge on any atom is 0.246 e. The molecule has 6 unspecified atom stereocenters. The van der Waals surface area contributed by atoms with Crippen molar-refractivity contribution in [3.05, 3.63) is 69.6 Å². The van der Waals surface area contributed by atoms with Crippen molar-refractivity contribution >= 4 is 29.4 Å². The number of nitrogens with one attached hydrogen (secondary N) is 2. The number of aromatic nitrogens is 3. The second kappa shape index (κ2) is 16.4. The summed E-state index contributed by atoms with van der Waals surface area (Å²) in [4.78, 5) is 32.8. The fraction of sp³-hybridized carbons (Fsp3) is 0.565. The van der Waals surface area contributed by atoms with E-state index in [9.17, 15) is 20.1 Å². The summed E-state index contributed by atoms with van der Waals surface area (Å²) in [7, 11) is 0. The van der Waals surface area contributed by atoms with E-state index in [0.717, 1.165) is 29.5 Å². The number of hydrogen-bond acceptors (Lipinski definition) is 11. The molecule has 3 saturated carbocycles. The van der Waals surface area contributed by atoms with E-state index in [1.807, 2.05) is 13.8 Å². The van der Waals surface area contributed by atoms with E-state index < -0.39 is 34.7 Å². The quantitative estimate of drug-likeness (QED) is 0.0720. The molecule has 4 heterocycles. The van der Waals surface area contributed by atoms with E-state index in [2.05, 4.69) is 79.6 Å². The summed E-state index contributed by atoms with van der Waals surface area (Å²) >= 11 is 0. The van der Waals surface area contributed by atoms with Gasteiger partial charge in [0, 0.05) is 48.1 Å². The predicted octanol–water partition coefficient (Wildman–Crippen LogP) is 6.41. The number of rotatable bonds is 16. The lowest BCUT2D eigenvalue weighted by Crippen LogP contribution is -2.78. The van der Waals surface area contributed by atoms with Crippen LogP contribution in [0.25, 0.3) is 11.8 Å². The number of carbonyl (C=O) groups is 2. The van der Waals surface area contributed by atoms with Crippen molar-refractivity contribution in [3.63, 3.8) is 0 Å². The van der Waals surface area contributed by atoms with E-state index in [1.165, 1.54) is 11.9 Å². The number of aliphatic hydroxyl groups is 3. The number of ether oxygens (including phenoxy) is 3. The fourth-order valence-electron chi connectivity index (χ4n) is 9.78. The number of benzene rings is 1. The Morgan fingerprint density at radius 3 is 2.54 bits per heavy atom. The zero-order valence-electron chi connectivity index (χ0n) is 35.8. The van der Waals surface area contributed by atoms with Crippen molar-refractivity contribution in [3.8, 4) is 17.2 Å². The standard InChI is InChI=1S/C46H61N5O8/c1-26(2)12-11-17-44(8)18-16-31-38(58-44)30(14-13-27(3)4)40-34(39(31)57-23-10-9-21-52)36-35-37(51-43(50-36)48-25-49-51)32-24-33(28(5)6)46(35,59-40)45(56,41(32)54)19-15-29(7)42(55)47-20-22-53/h12-13,15-16,18,25,28,32-33,37,52-53,56H,9-11,14,17,19-24H2,1-8H3,(H,47,55)(H,48,49,50)/b29-15-. The molecule has 5 N–H and O–H groups in total. The largest absolute Gasteiger partial charge is 0.492 e. The van der Waals surface area contributed by atoms with Gasteiger partial charge in [-0.1, -0.05) is 43.2 Å². The van der Waals surface area contributed by atoms with Crippen molar-refractivity contribution in [2.24, 2.45) is 17.8 Å². The number of allylic oxidation sites excluding steroid dienone is 4. The number of hydrogen-bond donors (Lipinski definition) is 5. The zero-order valence-corrected chi connectivity index (χ0v) is 35.8. The molecule has 3 fully saturated rings. The van der Waals surface area contributed by atoms with Crippen molar-refractivity contribution in [2.45, 2.75) is 123 Å². The molecule has 3 aliphatic carbocycles. The highest BCUT2D eigenvalue weighted by atomic mass is 16.5. The highest BCUT2D eigenvalue weighted by Gasteiger charge is 2.77. The van der Waals surface area contributed by atoms with Crippen LogP contribution in [0.15, 0.2) is 52.9 Å². The van der Waals surface area contributed by atoms with E-state index in [0.29, 0.717) is 77.9 Å². The lowest BCUT2D eigenvalue weighted by atomic mass is 9.46. The number of amides is 1. The van der Waals surface area contributed by atoms with Crippen LogP contribution in [0.1, 0.15) is 117 Å². The minimum absolute atomic E-state index is 0.0374. The third kappa shape index (κ3) is 7.12. The van der Waals surface area contributed by atoms with Gasteiger partial charge < -0.3 is 40.2 Å². The predicted molar refractivity (Wildman–Crippen MR) is 226 cm³/mol. The van der Waals surface area contributed by atoms with Gasteiger partial charge in [0.05, 0.1) is 36.1 Å². The minimum atomic E-state index is -2.11. The lowest BCUT2D eigenvalue weighted by molar-refractivity contribution is -0.210. The number of anilines is 1. The topological polar surface area (TPSA) is 177 Å². The van der Waals surface area contributed by atoms with E-state index in [1.54, 1.807) is 17.7 Å². The second-order valence-corrected chi connectivity index (χ2v) is 17.8. The van der Waals surface area contributed by atoms with E-state index in [4.69, 9.17) is 14.2 Å². The molecule has 1 amide bonds. The summed E-state index contributed by atoms with van der Waals surface area (Å²) in [6, 6.07) is -0.609. The molecule has 2 bridgehead atoms. The van der Waals surface area contributed by atoms with Gasteiger partial charge in [0.15, 0.2) is 17.0 Å². The average Bonchev–Trinajstić information content (AvgIpc) is 3.67. The van der Waals surface area contributed by atoms with Gasteiger partial charge in [-0.15, -0.1) is 0 Å². The van der Waals surface area contributed by atoms with Gasteiger partial charge in [-0.3, -0.25) is 9.59 Å². The van der Waals surface area contributed by atoms with Gasteiger partial charge >= 0.3 is 0 Å². The Morgan fingerprint density at radius 1 is 1.08 bits per heavy atom. The number of carbonyl (C=O) groups excluding carboxylic acids is 2. The van der Waals surface area contributed by atoms with Crippen LogP contribution in [-0.2, 0) is 16.0 Å². The van der Waals surface area contributed by atoms with Crippen molar-refractivity contribution < 1.29 is 39.1 Å². The number of fused-ring (bicyclic) bond motifs is 6. The summed E-state index contributed by atoms with van der Waals surface area (Å²) in [6.45, 7) is 16.4. The van der Waals surface area contributed by atoms with Crippen LogP contribution < -0.4 is 24.8 Å². The van der Waals surface area contributed by atoms with Gasteiger partial charge in [0.25, 0.3) is 0 Å². The Bertz CT molecular complexity index is 2160. The summed E-state index contributed by atoms with van der Waals surface area (Å²) < 4.78 is 23.4. The maximum absolute atomic E-state index is 15.2. The van der Waals surface area contributed by atoms with Gasteiger partial charge in [0.1, 0.15) is 29.2 Å². The van der Waals surface area contributed by atoms with Crippen molar-refractivity contribution in [1.82, 2.24) is 20.1 Å². The van der Waals surface area contributed by atoms with Gasteiger partial charge in [-0.05, 0) is 98.1 Å². The van der Waals surface area contributed by atoms with Crippen LogP contribution in [0.2, 0.25) is 0 Å². The Balaban J connectivity index is 1.53. The molecule has 13 nitrogen and oxygen atoms in total. The van der Waals surface area contributed by atoms with Crippen LogP contribution in [0, 0.1) is 17.8 Å². The van der Waals surface area contributed by atoms with Crippen LogP contribution in [-0.4, -0.2) is 84.9 Å². The Kier molecular flexibility index (Phi) is 11.8. The Morgan fingerprint density at radius 2 is 1.85 bits per heavy atom. The van der Waals surface area contributed by atoms with E-state index >= 15 is 4.79 Å². The zero-order chi connectivity index (χ0) is 42.4. The molecular weight excluding hydrogens is 751 g/mol. The third-order valence-corrected chi connectivity index (χ3v) is 12.7. The minimum Gasteiger partial charge on any atom is -0.492 e. The highest BCUT2D eigenvalue weighted by Crippen LogP contribution is 2.69.